The van der Waals surface area contributed by atoms with Gasteiger partial charge in [-0.05, 0) is 25.0 Å². The Balaban J connectivity index is 1.80. The van der Waals surface area contributed by atoms with E-state index >= 15 is 0 Å². The highest BCUT2D eigenvalue weighted by molar-refractivity contribution is 6.64. The van der Waals surface area contributed by atoms with Gasteiger partial charge in [-0.1, -0.05) is 12.5 Å². The van der Waals surface area contributed by atoms with Crippen LogP contribution in [0.5, 0.6) is 5.75 Å². The Morgan fingerprint density at radius 3 is 2.38 bits per heavy atom. The number of ether oxygens (including phenoxy) is 2. The summed E-state index contributed by atoms with van der Waals surface area (Å²) in [5.41, 5.74) is 0.880. The third-order valence-corrected chi connectivity index (χ3v) is 5.90. The summed E-state index contributed by atoms with van der Waals surface area (Å²) in [6, 6.07) is 5.48. The second-order valence-electron chi connectivity index (χ2n) is 6.16. The Labute approximate surface area is 142 Å². The molecule has 1 aromatic rings. The summed E-state index contributed by atoms with van der Waals surface area (Å²) in [7, 11) is -2.20. The number of hydrogen-bond donors (Lipinski definition) is 0. The first-order valence-electron chi connectivity index (χ1n) is 8.17. The molecule has 7 heteroatoms. The predicted octanol–water partition coefficient (Wildman–Crippen LogP) is 2.08. The molecule has 1 heterocycles. The SMILES string of the molecule is CC(=O)O[Si](OC(C)=O)c1ccc2c(c1)COC1(CCCCC1)O2. The normalized spacial score (nSPS) is 18.6. The first-order valence-corrected chi connectivity index (χ1v) is 9.49. The van der Waals surface area contributed by atoms with Crippen LogP contribution in [0.4, 0.5) is 0 Å². The van der Waals surface area contributed by atoms with Gasteiger partial charge in [-0.15, -0.1) is 0 Å². The molecule has 0 bridgehead atoms. The number of carbonyl (C=O) groups is 2. The molecule has 0 N–H and O–H groups in total. The molecule has 6 nitrogen and oxygen atoms in total. The van der Waals surface area contributed by atoms with Gasteiger partial charge in [-0.25, -0.2) is 0 Å². The van der Waals surface area contributed by atoms with E-state index in [-0.39, 0.29) is 0 Å². The highest BCUT2D eigenvalue weighted by Crippen LogP contribution is 2.39. The average molecular weight is 349 g/mol. The lowest BCUT2D eigenvalue weighted by molar-refractivity contribution is -0.222. The van der Waals surface area contributed by atoms with Crippen molar-refractivity contribution < 1.29 is 27.9 Å². The molecule has 0 unspecified atom stereocenters. The van der Waals surface area contributed by atoms with Gasteiger partial charge in [-0.2, -0.15) is 0 Å². The van der Waals surface area contributed by atoms with Crippen LogP contribution in [0.2, 0.25) is 0 Å². The van der Waals surface area contributed by atoms with E-state index in [9.17, 15) is 9.59 Å². The van der Waals surface area contributed by atoms with E-state index < -0.39 is 27.0 Å². The van der Waals surface area contributed by atoms with Crippen LogP contribution in [0.15, 0.2) is 18.2 Å². The van der Waals surface area contributed by atoms with Crippen molar-refractivity contribution in [1.29, 1.82) is 0 Å². The lowest BCUT2D eigenvalue weighted by Crippen LogP contribution is -2.44. The maximum Gasteiger partial charge on any atom is 0.576 e. The van der Waals surface area contributed by atoms with E-state index in [1.807, 2.05) is 12.1 Å². The quantitative estimate of drug-likeness (QED) is 0.778. The Kier molecular flexibility index (Phi) is 4.91. The number of hydrogen-bond acceptors (Lipinski definition) is 6. The largest absolute Gasteiger partial charge is 0.576 e. The van der Waals surface area contributed by atoms with Crippen LogP contribution in [0.25, 0.3) is 0 Å². The lowest BCUT2D eigenvalue weighted by Gasteiger charge is -2.41. The predicted molar refractivity (Wildman–Crippen MR) is 86.6 cm³/mol. The standard InChI is InChI=1S/C17H21O6Si/c1-12(18)22-24(23-13(2)19)15-6-7-16-14(10-15)11-20-17(21-16)8-4-3-5-9-17/h6-7,10H,3-5,8-9,11H2,1-2H3. The molecular weight excluding hydrogens is 328 g/mol. The van der Waals surface area contributed by atoms with E-state index in [4.69, 9.17) is 18.3 Å². The molecule has 1 saturated carbocycles. The number of rotatable bonds is 3. The molecule has 0 aromatic heterocycles. The van der Waals surface area contributed by atoms with Crippen molar-refractivity contribution in [3.8, 4) is 5.75 Å². The third kappa shape index (κ3) is 3.79. The van der Waals surface area contributed by atoms with Gasteiger partial charge in [0.25, 0.3) is 11.9 Å². The first kappa shape index (κ1) is 17.0. The van der Waals surface area contributed by atoms with E-state index in [1.165, 1.54) is 20.3 Å². The minimum atomic E-state index is -2.20. The smallest absolute Gasteiger partial charge is 0.480 e. The molecular formula is C17H21O6Si. The van der Waals surface area contributed by atoms with Crippen LogP contribution in [-0.4, -0.2) is 27.0 Å². The molecule has 2 aliphatic rings. The van der Waals surface area contributed by atoms with E-state index in [2.05, 4.69) is 0 Å². The van der Waals surface area contributed by atoms with Crippen molar-refractivity contribution in [1.82, 2.24) is 0 Å². The van der Waals surface area contributed by atoms with Crippen molar-refractivity contribution >= 4 is 26.4 Å². The van der Waals surface area contributed by atoms with E-state index in [0.29, 0.717) is 11.8 Å². The molecule has 24 heavy (non-hydrogen) atoms. The van der Waals surface area contributed by atoms with Crippen molar-refractivity contribution in [2.45, 2.75) is 58.3 Å². The highest BCUT2D eigenvalue weighted by atomic mass is 28.3. The maximum absolute atomic E-state index is 11.3. The highest BCUT2D eigenvalue weighted by Gasteiger charge is 2.39. The second kappa shape index (κ2) is 6.94. The number of carbonyl (C=O) groups excluding carboxylic acids is 2. The summed E-state index contributed by atoms with van der Waals surface area (Å²) in [5, 5.41) is 0.677. The molecule has 1 radical (unpaired) electrons. The Morgan fingerprint density at radius 1 is 1.08 bits per heavy atom. The zero-order valence-electron chi connectivity index (χ0n) is 13.9. The summed E-state index contributed by atoms with van der Waals surface area (Å²) in [6.45, 7) is 3.04. The fourth-order valence-corrected chi connectivity index (χ4v) is 4.41. The van der Waals surface area contributed by atoms with Gasteiger partial charge in [0.1, 0.15) is 5.75 Å². The molecule has 1 spiro atoms. The fraction of sp³-hybridized carbons (Fsp3) is 0.529. The van der Waals surface area contributed by atoms with Crippen LogP contribution >= 0.6 is 0 Å². The van der Waals surface area contributed by atoms with Crippen LogP contribution in [0, 0.1) is 0 Å². The van der Waals surface area contributed by atoms with Crippen molar-refractivity contribution in [2.24, 2.45) is 0 Å². The fourth-order valence-electron chi connectivity index (χ4n) is 3.09. The topological polar surface area (TPSA) is 71.1 Å². The van der Waals surface area contributed by atoms with E-state index in [0.717, 1.165) is 37.0 Å². The number of fused-ring (bicyclic) bond motifs is 1. The van der Waals surface area contributed by atoms with Crippen LogP contribution < -0.4 is 9.92 Å². The van der Waals surface area contributed by atoms with Gasteiger partial charge in [0.05, 0.1) is 6.61 Å². The summed E-state index contributed by atoms with van der Waals surface area (Å²) >= 11 is 0. The minimum absolute atomic E-state index is 0.443. The van der Waals surface area contributed by atoms with Crippen LogP contribution in [-0.2, 0) is 29.8 Å². The average Bonchev–Trinajstić information content (AvgIpc) is 2.54. The van der Waals surface area contributed by atoms with Gasteiger partial charge in [0.2, 0.25) is 5.79 Å². The monoisotopic (exact) mass is 349 g/mol. The maximum atomic E-state index is 11.3. The van der Waals surface area contributed by atoms with Gasteiger partial charge >= 0.3 is 9.28 Å². The Hall–Kier alpha value is -1.86. The molecule has 0 atom stereocenters. The lowest BCUT2D eigenvalue weighted by atomic mass is 9.93. The Bertz CT molecular complexity index is 622. The summed E-state index contributed by atoms with van der Waals surface area (Å²) in [5.74, 6) is -0.654. The second-order valence-corrected chi connectivity index (χ2v) is 7.72. The molecule has 1 aliphatic heterocycles. The molecule has 1 aliphatic carbocycles. The zero-order chi connectivity index (χ0) is 17.2. The van der Waals surface area contributed by atoms with Crippen molar-refractivity contribution in [2.75, 3.05) is 0 Å². The zero-order valence-corrected chi connectivity index (χ0v) is 14.9. The van der Waals surface area contributed by atoms with E-state index in [1.54, 1.807) is 6.07 Å². The third-order valence-electron chi connectivity index (χ3n) is 4.17. The summed E-state index contributed by atoms with van der Waals surface area (Å²) in [4.78, 5) is 22.5. The van der Waals surface area contributed by atoms with Crippen molar-refractivity contribution in [3.63, 3.8) is 0 Å². The molecule has 129 valence electrons. The van der Waals surface area contributed by atoms with Gasteiger partial charge in [0, 0.05) is 37.4 Å². The van der Waals surface area contributed by atoms with Gasteiger partial charge < -0.3 is 18.3 Å². The molecule has 3 rings (SSSR count). The van der Waals surface area contributed by atoms with Gasteiger partial charge in [-0.3, -0.25) is 9.59 Å². The number of benzene rings is 1. The molecule has 1 fully saturated rings. The summed E-state index contributed by atoms with van der Waals surface area (Å²) in [6.07, 6.45) is 5.25. The van der Waals surface area contributed by atoms with Crippen LogP contribution in [0.1, 0.15) is 51.5 Å². The van der Waals surface area contributed by atoms with Crippen molar-refractivity contribution in [3.05, 3.63) is 23.8 Å². The molecule has 1 aromatic carbocycles. The van der Waals surface area contributed by atoms with Gasteiger partial charge in [0.15, 0.2) is 0 Å². The Morgan fingerprint density at radius 2 is 1.75 bits per heavy atom. The molecule has 0 amide bonds. The molecule has 0 saturated heterocycles. The summed E-state index contributed by atoms with van der Waals surface area (Å²) < 4.78 is 22.5. The minimum Gasteiger partial charge on any atom is -0.480 e. The van der Waals surface area contributed by atoms with Crippen LogP contribution in [0.3, 0.4) is 0 Å². The first-order chi connectivity index (χ1) is 11.5.